The molecule has 1 N–H and O–H groups in total. The first-order valence-electron chi connectivity index (χ1n) is 11.8. The molecule has 0 unspecified atom stereocenters. The molecule has 0 atom stereocenters. The van der Waals surface area contributed by atoms with Gasteiger partial charge >= 0.3 is 0 Å². The first-order valence-corrected chi connectivity index (χ1v) is 12.2. The summed E-state index contributed by atoms with van der Waals surface area (Å²) >= 11 is 6.28. The molecule has 2 aromatic carbocycles. The zero-order valence-corrected chi connectivity index (χ0v) is 20.6. The highest BCUT2D eigenvalue weighted by Gasteiger charge is 2.39. The van der Waals surface area contributed by atoms with E-state index in [1.165, 1.54) is 6.42 Å². The molecule has 0 bridgehead atoms. The third-order valence-corrected chi connectivity index (χ3v) is 7.02. The van der Waals surface area contributed by atoms with Gasteiger partial charge in [-0.05, 0) is 54.7 Å². The standard InChI is InChI=1S/C27H30ClN3O3/c1-17(2)18-12-14-22(15-13-18)31-26(33)23(28)24(27(31)34)29-20-9-7-8-19(16-20)25(32)30(3)21-10-5-4-6-11-21/h7-9,12-17,21,29H,4-6,10-11H2,1-3H3. The van der Waals surface area contributed by atoms with Crippen LogP contribution in [0.15, 0.2) is 59.3 Å². The molecule has 1 heterocycles. The van der Waals surface area contributed by atoms with Crippen LogP contribution in [0.1, 0.15) is 67.8 Å². The summed E-state index contributed by atoms with van der Waals surface area (Å²) in [6, 6.07) is 14.5. The van der Waals surface area contributed by atoms with Crippen molar-refractivity contribution in [2.75, 3.05) is 17.3 Å². The van der Waals surface area contributed by atoms with Gasteiger partial charge in [-0.3, -0.25) is 14.4 Å². The maximum atomic E-state index is 13.1. The fourth-order valence-electron chi connectivity index (χ4n) is 4.57. The minimum absolute atomic E-state index is 0.00448. The fourth-order valence-corrected chi connectivity index (χ4v) is 4.78. The van der Waals surface area contributed by atoms with Crippen LogP contribution in [-0.2, 0) is 9.59 Å². The molecule has 0 spiro atoms. The van der Waals surface area contributed by atoms with E-state index >= 15 is 0 Å². The number of imide groups is 1. The molecule has 0 aromatic heterocycles. The summed E-state index contributed by atoms with van der Waals surface area (Å²) < 4.78 is 0. The molecule has 0 radical (unpaired) electrons. The number of carbonyl (C=O) groups excluding carboxylic acids is 3. The van der Waals surface area contributed by atoms with E-state index in [4.69, 9.17) is 11.6 Å². The molecule has 4 rings (SSSR count). The molecule has 1 aliphatic heterocycles. The first-order chi connectivity index (χ1) is 16.3. The topological polar surface area (TPSA) is 69.7 Å². The van der Waals surface area contributed by atoms with Crippen molar-refractivity contribution in [3.05, 3.63) is 70.4 Å². The summed E-state index contributed by atoms with van der Waals surface area (Å²) in [5.74, 6) is -0.819. The lowest BCUT2D eigenvalue weighted by atomic mass is 9.94. The van der Waals surface area contributed by atoms with E-state index in [1.807, 2.05) is 24.1 Å². The molecule has 178 valence electrons. The number of halogens is 1. The highest BCUT2D eigenvalue weighted by molar-refractivity contribution is 6.53. The van der Waals surface area contributed by atoms with Crippen molar-refractivity contribution in [3.8, 4) is 0 Å². The van der Waals surface area contributed by atoms with E-state index in [-0.39, 0.29) is 22.7 Å². The summed E-state index contributed by atoms with van der Waals surface area (Å²) in [5.41, 5.74) is 2.62. The van der Waals surface area contributed by atoms with Crippen LogP contribution < -0.4 is 10.2 Å². The van der Waals surface area contributed by atoms with Gasteiger partial charge in [0.1, 0.15) is 10.7 Å². The number of nitrogens with zero attached hydrogens (tertiary/aromatic N) is 2. The Morgan fingerprint density at radius 1 is 1.03 bits per heavy atom. The van der Waals surface area contributed by atoms with Crippen LogP contribution in [0.25, 0.3) is 0 Å². The molecule has 2 aliphatic rings. The number of anilines is 2. The Labute approximate surface area is 205 Å². The quantitative estimate of drug-likeness (QED) is 0.543. The molecule has 7 heteroatoms. The van der Waals surface area contributed by atoms with Crippen LogP contribution in [-0.4, -0.2) is 35.7 Å². The van der Waals surface area contributed by atoms with E-state index in [1.54, 1.807) is 36.4 Å². The van der Waals surface area contributed by atoms with E-state index in [2.05, 4.69) is 19.2 Å². The number of hydrogen-bond acceptors (Lipinski definition) is 4. The van der Waals surface area contributed by atoms with Gasteiger partial charge in [-0.1, -0.05) is 62.9 Å². The largest absolute Gasteiger partial charge is 0.350 e. The molecule has 3 amide bonds. The Hall–Kier alpha value is -3.12. The highest BCUT2D eigenvalue weighted by atomic mass is 35.5. The van der Waals surface area contributed by atoms with Crippen LogP contribution in [0.5, 0.6) is 0 Å². The Bertz CT molecular complexity index is 1130. The van der Waals surface area contributed by atoms with Crippen molar-refractivity contribution in [2.45, 2.75) is 57.9 Å². The Kier molecular flexibility index (Phi) is 7.08. The van der Waals surface area contributed by atoms with Crippen molar-refractivity contribution >= 4 is 40.7 Å². The van der Waals surface area contributed by atoms with Gasteiger partial charge < -0.3 is 10.2 Å². The average Bonchev–Trinajstić information content (AvgIpc) is 3.06. The minimum Gasteiger partial charge on any atom is -0.350 e. The number of benzene rings is 2. The Morgan fingerprint density at radius 2 is 1.71 bits per heavy atom. The Morgan fingerprint density at radius 3 is 2.35 bits per heavy atom. The molecular formula is C27H30ClN3O3. The molecule has 0 saturated heterocycles. The summed E-state index contributed by atoms with van der Waals surface area (Å²) in [4.78, 5) is 41.8. The molecule has 34 heavy (non-hydrogen) atoms. The number of nitrogens with one attached hydrogen (secondary N) is 1. The zero-order chi connectivity index (χ0) is 24.4. The Balaban J connectivity index is 1.51. The molecule has 6 nitrogen and oxygen atoms in total. The molecule has 1 saturated carbocycles. The van der Waals surface area contributed by atoms with Crippen molar-refractivity contribution < 1.29 is 14.4 Å². The lowest BCUT2D eigenvalue weighted by Gasteiger charge is -2.31. The first kappa shape index (κ1) is 24.0. The van der Waals surface area contributed by atoms with Gasteiger partial charge in [0, 0.05) is 24.3 Å². The number of carbonyl (C=O) groups is 3. The van der Waals surface area contributed by atoms with Gasteiger partial charge in [-0.2, -0.15) is 0 Å². The van der Waals surface area contributed by atoms with E-state index in [0.29, 0.717) is 22.9 Å². The lowest BCUT2D eigenvalue weighted by molar-refractivity contribution is -0.120. The zero-order valence-electron chi connectivity index (χ0n) is 19.8. The SMILES string of the molecule is CC(C)c1ccc(N2C(=O)C(Cl)=C(Nc3cccc(C(=O)N(C)C4CCCCC4)c3)C2=O)cc1. The second-order valence-corrected chi connectivity index (χ2v) is 9.67. The van der Waals surface area contributed by atoms with E-state index in [0.717, 1.165) is 36.1 Å². The van der Waals surface area contributed by atoms with Crippen molar-refractivity contribution in [3.63, 3.8) is 0 Å². The third kappa shape index (κ3) is 4.73. The van der Waals surface area contributed by atoms with Gasteiger partial charge in [0.05, 0.1) is 5.69 Å². The summed E-state index contributed by atoms with van der Waals surface area (Å²) in [5, 5.41) is 2.81. The fraction of sp³-hybridized carbons (Fsp3) is 0.370. The number of amides is 3. The van der Waals surface area contributed by atoms with Gasteiger partial charge in [0.25, 0.3) is 17.7 Å². The number of rotatable bonds is 6. The maximum absolute atomic E-state index is 13.1. The molecule has 2 aromatic rings. The molecular weight excluding hydrogens is 450 g/mol. The van der Waals surface area contributed by atoms with Gasteiger partial charge in [-0.15, -0.1) is 0 Å². The highest BCUT2D eigenvalue weighted by Crippen LogP contribution is 2.31. The third-order valence-electron chi connectivity index (χ3n) is 6.67. The molecule has 1 aliphatic carbocycles. The predicted molar refractivity (Wildman–Crippen MR) is 135 cm³/mol. The number of hydrogen-bond donors (Lipinski definition) is 1. The average molecular weight is 480 g/mol. The van der Waals surface area contributed by atoms with Crippen LogP contribution in [0, 0.1) is 0 Å². The summed E-state index contributed by atoms with van der Waals surface area (Å²) in [7, 11) is 1.85. The van der Waals surface area contributed by atoms with Crippen LogP contribution in [0.2, 0.25) is 0 Å². The normalized spacial score (nSPS) is 17.0. The van der Waals surface area contributed by atoms with Gasteiger partial charge in [0.15, 0.2) is 0 Å². The monoisotopic (exact) mass is 479 g/mol. The van der Waals surface area contributed by atoms with Gasteiger partial charge in [-0.25, -0.2) is 4.90 Å². The predicted octanol–water partition coefficient (Wildman–Crippen LogP) is 5.65. The van der Waals surface area contributed by atoms with Crippen LogP contribution in [0.4, 0.5) is 11.4 Å². The smallest absolute Gasteiger partial charge is 0.283 e. The van der Waals surface area contributed by atoms with Gasteiger partial charge in [0.2, 0.25) is 0 Å². The lowest BCUT2D eigenvalue weighted by Crippen LogP contribution is -2.38. The van der Waals surface area contributed by atoms with E-state index in [9.17, 15) is 14.4 Å². The minimum atomic E-state index is -0.573. The maximum Gasteiger partial charge on any atom is 0.283 e. The van der Waals surface area contributed by atoms with Crippen LogP contribution >= 0.6 is 11.6 Å². The van der Waals surface area contributed by atoms with Crippen molar-refractivity contribution in [1.29, 1.82) is 0 Å². The summed E-state index contributed by atoms with van der Waals surface area (Å²) in [6.45, 7) is 4.15. The summed E-state index contributed by atoms with van der Waals surface area (Å²) in [6.07, 6.45) is 5.55. The van der Waals surface area contributed by atoms with Crippen LogP contribution in [0.3, 0.4) is 0 Å². The molecule has 1 fully saturated rings. The van der Waals surface area contributed by atoms with Crippen molar-refractivity contribution in [1.82, 2.24) is 4.90 Å². The van der Waals surface area contributed by atoms with Crippen molar-refractivity contribution in [2.24, 2.45) is 0 Å². The second-order valence-electron chi connectivity index (χ2n) is 9.29. The second kappa shape index (κ2) is 10.0. The van der Waals surface area contributed by atoms with E-state index < -0.39 is 11.8 Å².